The third-order valence-electron chi connectivity index (χ3n) is 2.22. The predicted molar refractivity (Wildman–Crippen MR) is 39.2 cm³/mol. The van der Waals surface area contributed by atoms with Crippen LogP contribution in [0.15, 0.2) is 0 Å². The Balaban J connectivity index is 1.93. The van der Waals surface area contributed by atoms with Crippen molar-refractivity contribution < 1.29 is 9.53 Å². The number of morpholine rings is 1. The third-order valence-corrected chi connectivity index (χ3v) is 2.22. The Hall–Kier alpha value is -0.610. The van der Waals surface area contributed by atoms with Crippen molar-refractivity contribution in [3.8, 4) is 0 Å². The highest BCUT2D eigenvalue weighted by Gasteiger charge is 2.30. The summed E-state index contributed by atoms with van der Waals surface area (Å²) < 4.78 is 5.02. The molecule has 0 bridgehead atoms. The summed E-state index contributed by atoms with van der Waals surface area (Å²) in [5.41, 5.74) is 0. The highest BCUT2D eigenvalue weighted by molar-refractivity contribution is 5.78. The van der Waals surface area contributed by atoms with E-state index in [1.54, 1.807) is 0 Å². The molecule has 1 N–H and O–H groups in total. The summed E-state index contributed by atoms with van der Waals surface area (Å²) in [6.07, 6.45) is 0. The molecule has 2 fully saturated rings. The average Bonchev–Trinajstić information content (AvgIpc) is 1.90. The van der Waals surface area contributed by atoms with Gasteiger partial charge in [-0.1, -0.05) is 0 Å². The van der Waals surface area contributed by atoms with E-state index in [-0.39, 0.29) is 12.5 Å². The number of carbonyl (C=O) groups excluding carboxylic acids is 1. The van der Waals surface area contributed by atoms with Gasteiger partial charge in [-0.3, -0.25) is 4.79 Å². The van der Waals surface area contributed by atoms with E-state index in [4.69, 9.17) is 4.74 Å². The number of hydrogen-bond acceptors (Lipinski definition) is 3. The molecule has 0 atom stereocenters. The molecule has 4 nitrogen and oxygen atoms in total. The normalized spacial score (nSPS) is 26.9. The van der Waals surface area contributed by atoms with E-state index in [0.717, 1.165) is 19.6 Å². The molecule has 62 valence electrons. The number of ether oxygens (including phenoxy) is 1. The van der Waals surface area contributed by atoms with Gasteiger partial charge in [-0.15, -0.1) is 0 Å². The summed E-state index contributed by atoms with van der Waals surface area (Å²) in [5.74, 6) is 0.141. The molecule has 2 aliphatic heterocycles. The Morgan fingerprint density at radius 3 is 2.91 bits per heavy atom. The Labute approximate surface area is 65.5 Å². The number of amides is 1. The van der Waals surface area contributed by atoms with Crippen LogP contribution in [0, 0.1) is 0 Å². The molecule has 0 aliphatic carbocycles. The standard InChI is InChI=1S/C7H12N2O2/c10-7-5-11-2-1-9(7)6-3-8-4-6/h6,8H,1-5H2. The summed E-state index contributed by atoms with van der Waals surface area (Å²) in [6, 6.07) is 0.436. The van der Waals surface area contributed by atoms with Crippen LogP contribution in [0.4, 0.5) is 0 Å². The molecular formula is C7H12N2O2. The minimum absolute atomic E-state index is 0.141. The smallest absolute Gasteiger partial charge is 0.248 e. The van der Waals surface area contributed by atoms with E-state index in [9.17, 15) is 4.79 Å². The lowest BCUT2D eigenvalue weighted by atomic mass is 10.1. The molecule has 0 spiro atoms. The molecule has 2 heterocycles. The lowest BCUT2D eigenvalue weighted by molar-refractivity contribution is -0.146. The van der Waals surface area contributed by atoms with Crippen molar-refractivity contribution in [1.29, 1.82) is 0 Å². The first-order valence-electron chi connectivity index (χ1n) is 3.96. The summed E-state index contributed by atoms with van der Waals surface area (Å²) in [6.45, 7) is 3.64. The largest absolute Gasteiger partial charge is 0.370 e. The molecule has 11 heavy (non-hydrogen) atoms. The molecule has 0 aromatic rings. The van der Waals surface area contributed by atoms with Gasteiger partial charge in [0.25, 0.3) is 0 Å². The van der Waals surface area contributed by atoms with Crippen LogP contribution in [0.25, 0.3) is 0 Å². The van der Waals surface area contributed by atoms with Crippen molar-refractivity contribution in [3.05, 3.63) is 0 Å². The number of nitrogens with one attached hydrogen (secondary N) is 1. The molecular weight excluding hydrogens is 144 g/mol. The van der Waals surface area contributed by atoms with Gasteiger partial charge in [0.2, 0.25) is 5.91 Å². The van der Waals surface area contributed by atoms with Crippen LogP contribution in [-0.2, 0) is 9.53 Å². The Morgan fingerprint density at radius 2 is 2.36 bits per heavy atom. The van der Waals surface area contributed by atoms with Crippen molar-refractivity contribution in [2.75, 3.05) is 32.8 Å². The van der Waals surface area contributed by atoms with E-state index in [0.29, 0.717) is 12.6 Å². The zero-order valence-electron chi connectivity index (χ0n) is 6.38. The molecule has 0 aromatic carbocycles. The SMILES string of the molecule is O=C1COCCN1C1CNC1. The van der Waals surface area contributed by atoms with Crippen molar-refractivity contribution in [1.82, 2.24) is 10.2 Å². The Kier molecular flexibility index (Phi) is 1.79. The number of carbonyl (C=O) groups is 1. The summed E-state index contributed by atoms with van der Waals surface area (Å²) in [5, 5.41) is 3.14. The van der Waals surface area contributed by atoms with Crippen LogP contribution >= 0.6 is 0 Å². The topological polar surface area (TPSA) is 41.6 Å². The second-order valence-electron chi connectivity index (χ2n) is 2.95. The van der Waals surface area contributed by atoms with Crippen LogP contribution < -0.4 is 5.32 Å². The van der Waals surface area contributed by atoms with Gasteiger partial charge in [-0.05, 0) is 0 Å². The summed E-state index contributed by atoms with van der Waals surface area (Å²) in [4.78, 5) is 13.1. The maximum absolute atomic E-state index is 11.2. The molecule has 0 saturated carbocycles. The van der Waals surface area contributed by atoms with Gasteiger partial charge >= 0.3 is 0 Å². The maximum atomic E-state index is 11.2. The van der Waals surface area contributed by atoms with Gasteiger partial charge < -0.3 is 15.0 Å². The molecule has 2 saturated heterocycles. The van der Waals surface area contributed by atoms with Crippen LogP contribution in [0.5, 0.6) is 0 Å². The highest BCUT2D eigenvalue weighted by atomic mass is 16.5. The van der Waals surface area contributed by atoms with E-state index in [1.807, 2.05) is 4.90 Å². The van der Waals surface area contributed by atoms with E-state index >= 15 is 0 Å². The third kappa shape index (κ3) is 1.23. The Morgan fingerprint density at radius 1 is 1.55 bits per heavy atom. The van der Waals surface area contributed by atoms with Gasteiger partial charge in [-0.25, -0.2) is 0 Å². The first-order chi connectivity index (χ1) is 5.38. The van der Waals surface area contributed by atoms with Crippen LogP contribution in [0.3, 0.4) is 0 Å². The molecule has 2 aliphatic rings. The Bertz CT molecular complexity index is 168. The fourth-order valence-electron chi connectivity index (χ4n) is 1.41. The number of rotatable bonds is 1. The number of hydrogen-bond donors (Lipinski definition) is 1. The van der Waals surface area contributed by atoms with Crippen molar-refractivity contribution >= 4 is 5.91 Å². The van der Waals surface area contributed by atoms with Crippen molar-refractivity contribution in [3.63, 3.8) is 0 Å². The van der Waals surface area contributed by atoms with Gasteiger partial charge in [-0.2, -0.15) is 0 Å². The molecule has 1 amide bonds. The maximum Gasteiger partial charge on any atom is 0.248 e. The minimum atomic E-state index is 0.141. The molecule has 4 heteroatoms. The summed E-state index contributed by atoms with van der Waals surface area (Å²) in [7, 11) is 0. The molecule has 0 radical (unpaired) electrons. The van der Waals surface area contributed by atoms with Gasteiger partial charge in [0.15, 0.2) is 0 Å². The average molecular weight is 156 g/mol. The first kappa shape index (κ1) is 7.06. The fraction of sp³-hybridized carbons (Fsp3) is 0.857. The second-order valence-corrected chi connectivity index (χ2v) is 2.95. The van der Waals surface area contributed by atoms with Gasteiger partial charge in [0.1, 0.15) is 6.61 Å². The quantitative estimate of drug-likeness (QED) is 0.519. The molecule has 2 rings (SSSR count). The van der Waals surface area contributed by atoms with Crippen LogP contribution in [0.1, 0.15) is 0 Å². The van der Waals surface area contributed by atoms with Gasteiger partial charge in [0.05, 0.1) is 12.6 Å². The molecule has 0 aromatic heterocycles. The second kappa shape index (κ2) is 2.79. The monoisotopic (exact) mass is 156 g/mol. The van der Waals surface area contributed by atoms with Crippen molar-refractivity contribution in [2.24, 2.45) is 0 Å². The predicted octanol–water partition coefficient (Wildman–Crippen LogP) is -1.18. The van der Waals surface area contributed by atoms with Crippen LogP contribution in [0.2, 0.25) is 0 Å². The zero-order valence-corrected chi connectivity index (χ0v) is 6.38. The molecule has 0 unspecified atom stereocenters. The van der Waals surface area contributed by atoms with E-state index < -0.39 is 0 Å². The zero-order chi connectivity index (χ0) is 7.68. The first-order valence-corrected chi connectivity index (χ1v) is 3.96. The summed E-state index contributed by atoms with van der Waals surface area (Å²) >= 11 is 0. The van der Waals surface area contributed by atoms with Crippen molar-refractivity contribution in [2.45, 2.75) is 6.04 Å². The fourth-order valence-corrected chi connectivity index (χ4v) is 1.41. The number of nitrogens with zero attached hydrogens (tertiary/aromatic N) is 1. The highest BCUT2D eigenvalue weighted by Crippen LogP contribution is 2.08. The van der Waals surface area contributed by atoms with E-state index in [2.05, 4.69) is 5.32 Å². The van der Waals surface area contributed by atoms with Crippen LogP contribution in [-0.4, -0.2) is 49.7 Å². The van der Waals surface area contributed by atoms with E-state index in [1.165, 1.54) is 0 Å². The lowest BCUT2D eigenvalue weighted by Crippen LogP contribution is -2.61. The lowest BCUT2D eigenvalue weighted by Gasteiger charge is -2.40. The van der Waals surface area contributed by atoms with Gasteiger partial charge in [0, 0.05) is 19.6 Å². The minimum Gasteiger partial charge on any atom is -0.370 e.